The average Bonchev–Trinajstić information content (AvgIpc) is 2.86. The lowest BCUT2D eigenvalue weighted by Gasteiger charge is -2.42. The fraction of sp³-hybridized carbons (Fsp3) is 0.667. The molecule has 0 atom stereocenters. The minimum absolute atomic E-state index is 0.268. The SMILES string of the molecule is CCC(O)(CC)C(C)(C)CNc1ncnc2c1cnn2C. The highest BCUT2D eigenvalue weighted by Crippen LogP contribution is 2.36. The Morgan fingerprint density at radius 3 is 2.52 bits per heavy atom. The molecule has 0 spiro atoms. The molecule has 0 amide bonds. The lowest BCUT2D eigenvalue weighted by molar-refractivity contribution is -0.0663. The number of aryl methyl sites for hydroxylation is 1. The molecule has 0 aromatic carbocycles. The maximum atomic E-state index is 10.8. The van der Waals surface area contributed by atoms with Gasteiger partial charge < -0.3 is 10.4 Å². The lowest BCUT2D eigenvalue weighted by atomic mass is 9.71. The van der Waals surface area contributed by atoms with Gasteiger partial charge in [-0.15, -0.1) is 0 Å². The Hall–Kier alpha value is -1.69. The van der Waals surface area contributed by atoms with Crippen LogP contribution in [0.3, 0.4) is 0 Å². The topological polar surface area (TPSA) is 75.9 Å². The van der Waals surface area contributed by atoms with Crippen molar-refractivity contribution in [3.63, 3.8) is 0 Å². The first-order valence-electron chi connectivity index (χ1n) is 7.43. The quantitative estimate of drug-likeness (QED) is 0.854. The van der Waals surface area contributed by atoms with Crippen LogP contribution in [0, 0.1) is 5.41 Å². The summed E-state index contributed by atoms with van der Waals surface area (Å²) in [4.78, 5) is 8.53. The number of hydrogen-bond donors (Lipinski definition) is 2. The van der Waals surface area contributed by atoms with Gasteiger partial charge in [0.2, 0.25) is 0 Å². The standard InChI is InChI=1S/C15H25N5O/c1-6-15(21,7-2)14(3,4)9-16-12-11-8-19-20(5)13(11)18-10-17-12/h8,10,21H,6-7,9H2,1-5H3,(H,16,17,18). The molecule has 0 saturated carbocycles. The molecular formula is C15H25N5O. The van der Waals surface area contributed by atoms with Gasteiger partial charge in [-0.25, -0.2) is 9.97 Å². The van der Waals surface area contributed by atoms with E-state index in [0.29, 0.717) is 6.54 Å². The number of aromatic nitrogens is 4. The monoisotopic (exact) mass is 291 g/mol. The summed E-state index contributed by atoms with van der Waals surface area (Å²) in [5.74, 6) is 0.760. The second-order valence-electron chi connectivity index (χ2n) is 6.20. The van der Waals surface area contributed by atoms with E-state index in [1.54, 1.807) is 10.9 Å². The third kappa shape index (κ3) is 2.72. The summed E-state index contributed by atoms with van der Waals surface area (Å²) in [6.07, 6.45) is 4.75. The normalized spacial score (nSPS) is 12.9. The van der Waals surface area contributed by atoms with Crippen LogP contribution in [0.2, 0.25) is 0 Å². The zero-order chi connectivity index (χ0) is 15.7. The first-order valence-corrected chi connectivity index (χ1v) is 7.43. The maximum Gasteiger partial charge on any atom is 0.163 e. The van der Waals surface area contributed by atoms with E-state index in [9.17, 15) is 5.11 Å². The smallest absolute Gasteiger partial charge is 0.163 e. The Kier molecular flexibility index (Phi) is 4.18. The van der Waals surface area contributed by atoms with Gasteiger partial charge >= 0.3 is 0 Å². The van der Waals surface area contributed by atoms with Gasteiger partial charge in [-0.1, -0.05) is 27.7 Å². The molecule has 2 aromatic rings. The molecule has 116 valence electrons. The summed E-state index contributed by atoms with van der Waals surface area (Å²) in [6.45, 7) is 8.83. The van der Waals surface area contributed by atoms with Crippen LogP contribution in [0.4, 0.5) is 5.82 Å². The predicted octanol–water partition coefficient (Wildman–Crippen LogP) is 2.35. The summed E-state index contributed by atoms with van der Waals surface area (Å²) < 4.78 is 1.72. The van der Waals surface area contributed by atoms with Crippen LogP contribution < -0.4 is 5.32 Å². The molecule has 2 aromatic heterocycles. The van der Waals surface area contributed by atoms with Gasteiger partial charge in [0, 0.05) is 19.0 Å². The van der Waals surface area contributed by atoms with Crippen LogP contribution in [-0.4, -0.2) is 37.0 Å². The van der Waals surface area contributed by atoms with E-state index in [1.165, 1.54) is 6.33 Å². The lowest BCUT2D eigenvalue weighted by Crippen LogP contribution is -2.47. The van der Waals surface area contributed by atoms with Crippen molar-refractivity contribution in [2.75, 3.05) is 11.9 Å². The predicted molar refractivity (Wildman–Crippen MR) is 84.1 cm³/mol. The van der Waals surface area contributed by atoms with E-state index >= 15 is 0 Å². The number of fused-ring (bicyclic) bond motifs is 1. The van der Waals surface area contributed by atoms with Crippen LogP contribution in [-0.2, 0) is 7.05 Å². The molecule has 0 saturated heterocycles. The van der Waals surface area contributed by atoms with Crippen molar-refractivity contribution < 1.29 is 5.11 Å². The van der Waals surface area contributed by atoms with Gasteiger partial charge in [0.15, 0.2) is 5.65 Å². The highest BCUT2D eigenvalue weighted by Gasteiger charge is 2.40. The minimum atomic E-state index is -0.693. The van der Waals surface area contributed by atoms with Crippen molar-refractivity contribution in [1.82, 2.24) is 19.7 Å². The molecule has 0 bridgehead atoms. The van der Waals surface area contributed by atoms with E-state index in [0.717, 1.165) is 29.7 Å². The molecule has 0 unspecified atom stereocenters. The Bertz CT molecular complexity index is 616. The zero-order valence-corrected chi connectivity index (χ0v) is 13.5. The molecule has 0 aliphatic heterocycles. The minimum Gasteiger partial charge on any atom is -0.389 e. The molecule has 0 aliphatic rings. The van der Waals surface area contributed by atoms with Crippen LogP contribution in [0.25, 0.3) is 11.0 Å². The summed E-state index contributed by atoms with van der Waals surface area (Å²) in [7, 11) is 1.86. The third-order valence-corrected chi connectivity index (χ3v) is 4.66. The molecular weight excluding hydrogens is 266 g/mol. The zero-order valence-electron chi connectivity index (χ0n) is 13.5. The Balaban J connectivity index is 2.22. The fourth-order valence-corrected chi connectivity index (χ4v) is 2.78. The van der Waals surface area contributed by atoms with Crippen molar-refractivity contribution in [1.29, 1.82) is 0 Å². The molecule has 2 rings (SSSR count). The molecule has 6 nitrogen and oxygen atoms in total. The molecule has 0 fully saturated rings. The van der Waals surface area contributed by atoms with E-state index in [1.807, 2.05) is 20.9 Å². The number of nitrogens with one attached hydrogen (secondary N) is 1. The number of anilines is 1. The van der Waals surface area contributed by atoms with Gasteiger partial charge in [0.25, 0.3) is 0 Å². The number of nitrogens with zero attached hydrogens (tertiary/aromatic N) is 4. The number of aliphatic hydroxyl groups is 1. The first kappa shape index (κ1) is 15.7. The largest absolute Gasteiger partial charge is 0.389 e. The summed E-state index contributed by atoms with van der Waals surface area (Å²) in [5, 5.41) is 19.2. The van der Waals surface area contributed by atoms with Gasteiger partial charge in [0.1, 0.15) is 12.1 Å². The second kappa shape index (κ2) is 5.60. The van der Waals surface area contributed by atoms with Crippen LogP contribution in [0.15, 0.2) is 12.5 Å². The van der Waals surface area contributed by atoms with E-state index < -0.39 is 5.60 Å². The Morgan fingerprint density at radius 1 is 1.24 bits per heavy atom. The molecule has 0 aliphatic carbocycles. The van der Waals surface area contributed by atoms with Gasteiger partial charge in [-0.3, -0.25) is 4.68 Å². The first-order chi connectivity index (χ1) is 9.84. The summed E-state index contributed by atoms with van der Waals surface area (Å²) in [5.41, 5.74) is -0.164. The van der Waals surface area contributed by atoms with Crippen LogP contribution in [0.1, 0.15) is 40.5 Å². The third-order valence-electron chi connectivity index (χ3n) is 4.66. The molecule has 0 radical (unpaired) electrons. The Labute approximate surface area is 125 Å². The van der Waals surface area contributed by atoms with Crippen molar-refractivity contribution in [2.24, 2.45) is 12.5 Å². The van der Waals surface area contributed by atoms with Gasteiger partial charge in [0.05, 0.1) is 17.2 Å². The summed E-state index contributed by atoms with van der Waals surface area (Å²) in [6, 6.07) is 0. The van der Waals surface area contributed by atoms with Gasteiger partial charge in [-0.2, -0.15) is 5.10 Å². The number of rotatable bonds is 6. The highest BCUT2D eigenvalue weighted by atomic mass is 16.3. The van der Waals surface area contributed by atoms with Gasteiger partial charge in [-0.05, 0) is 12.8 Å². The van der Waals surface area contributed by atoms with E-state index in [-0.39, 0.29) is 5.41 Å². The summed E-state index contributed by atoms with van der Waals surface area (Å²) >= 11 is 0. The fourth-order valence-electron chi connectivity index (χ4n) is 2.78. The Morgan fingerprint density at radius 2 is 1.90 bits per heavy atom. The van der Waals surface area contributed by atoms with E-state index in [4.69, 9.17) is 0 Å². The molecule has 6 heteroatoms. The van der Waals surface area contributed by atoms with E-state index in [2.05, 4.69) is 34.2 Å². The second-order valence-corrected chi connectivity index (χ2v) is 6.20. The van der Waals surface area contributed by atoms with Crippen molar-refractivity contribution in [3.8, 4) is 0 Å². The molecule has 21 heavy (non-hydrogen) atoms. The molecule has 2 N–H and O–H groups in total. The van der Waals surface area contributed by atoms with Crippen molar-refractivity contribution in [3.05, 3.63) is 12.5 Å². The van der Waals surface area contributed by atoms with Crippen LogP contribution in [0.5, 0.6) is 0 Å². The van der Waals surface area contributed by atoms with Crippen molar-refractivity contribution >= 4 is 16.9 Å². The molecule has 2 heterocycles. The number of hydrogen-bond acceptors (Lipinski definition) is 5. The van der Waals surface area contributed by atoms with Crippen LogP contribution >= 0.6 is 0 Å². The van der Waals surface area contributed by atoms with Crippen molar-refractivity contribution in [2.45, 2.75) is 46.1 Å². The highest BCUT2D eigenvalue weighted by molar-refractivity contribution is 5.85. The maximum absolute atomic E-state index is 10.8. The average molecular weight is 291 g/mol.